The molecule has 124 valence electrons. The van der Waals surface area contributed by atoms with Crippen LogP contribution in [0.3, 0.4) is 0 Å². The van der Waals surface area contributed by atoms with Gasteiger partial charge in [0.1, 0.15) is 5.00 Å². The van der Waals surface area contributed by atoms with Crippen molar-refractivity contribution in [2.75, 3.05) is 18.1 Å². The van der Waals surface area contributed by atoms with Crippen molar-refractivity contribution in [3.05, 3.63) is 16.0 Å². The molecule has 6 heteroatoms. The first-order valence-corrected chi connectivity index (χ1v) is 8.28. The molecule has 0 aliphatic heterocycles. The fraction of sp³-hybridized carbons (Fsp3) is 0.625. The van der Waals surface area contributed by atoms with E-state index in [2.05, 4.69) is 0 Å². The molecule has 1 aromatic heterocycles. The third kappa shape index (κ3) is 4.00. The number of aryl methyl sites for hydroxylation is 1. The number of ether oxygens (including phenoxy) is 1. The molecule has 0 bridgehead atoms. The van der Waals surface area contributed by atoms with Crippen molar-refractivity contribution in [2.45, 2.75) is 47.6 Å². The maximum absolute atomic E-state index is 12.3. The highest BCUT2D eigenvalue weighted by Crippen LogP contribution is 2.37. The quantitative estimate of drug-likeness (QED) is 0.777. The molecule has 1 aromatic rings. The number of carboxylic acids is 1. The highest BCUT2D eigenvalue weighted by Gasteiger charge is 2.28. The normalized spacial score (nSPS) is 12.3. The molecule has 0 aliphatic carbocycles. The maximum atomic E-state index is 12.3. The van der Waals surface area contributed by atoms with E-state index in [0.717, 1.165) is 15.4 Å². The first kappa shape index (κ1) is 18.5. The Balaban J connectivity index is 3.28. The number of nitrogens with zero attached hydrogens (tertiary/aromatic N) is 1. The number of thiophene rings is 1. The Hall–Kier alpha value is -1.56. The van der Waals surface area contributed by atoms with Crippen molar-refractivity contribution in [3.8, 4) is 0 Å². The van der Waals surface area contributed by atoms with E-state index in [-0.39, 0.29) is 12.0 Å². The van der Waals surface area contributed by atoms with Crippen molar-refractivity contribution in [3.63, 3.8) is 0 Å². The predicted octanol–water partition coefficient (Wildman–Crippen LogP) is 3.48. The van der Waals surface area contributed by atoms with E-state index in [1.54, 1.807) is 13.8 Å². The summed E-state index contributed by atoms with van der Waals surface area (Å²) in [5.41, 5.74) is 1.47. The van der Waals surface area contributed by atoms with Crippen LogP contribution in [0.2, 0.25) is 0 Å². The second kappa shape index (κ2) is 7.63. The minimum absolute atomic E-state index is 0.0902. The minimum Gasteiger partial charge on any atom is -0.481 e. The smallest absolute Gasteiger partial charge is 0.341 e. The van der Waals surface area contributed by atoms with Crippen LogP contribution in [0.1, 0.15) is 48.5 Å². The predicted molar refractivity (Wildman–Crippen MR) is 89.0 cm³/mol. The standard InChI is InChI=1S/C16H25NO4S/c1-7-21-16(20)13-11(5)12(6)22-14(13)17(9(2)3)8-10(4)15(18)19/h9-10H,7-8H2,1-6H3,(H,18,19). The molecule has 1 unspecified atom stereocenters. The Bertz CT molecular complexity index is 551. The van der Waals surface area contributed by atoms with Crippen LogP contribution in [-0.2, 0) is 9.53 Å². The lowest BCUT2D eigenvalue weighted by atomic mass is 10.1. The lowest BCUT2D eigenvalue weighted by Gasteiger charge is -2.30. The van der Waals surface area contributed by atoms with E-state index in [4.69, 9.17) is 9.84 Å². The first-order valence-electron chi connectivity index (χ1n) is 7.47. The highest BCUT2D eigenvalue weighted by atomic mass is 32.1. The van der Waals surface area contributed by atoms with Gasteiger partial charge in [0.25, 0.3) is 0 Å². The summed E-state index contributed by atoms with van der Waals surface area (Å²) in [5, 5.41) is 9.97. The lowest BCUT2D eigenvalue weighted by molar-refractivity contribution is -0.140. The Kier molecular flexibility index (Phi) is 6.41. The van der Waals surface area contributed by atoms with Gasteiger partial charge in [0.05, 0.1) is 18.1 Å². The number of hydrogen-bond donors (Lipinski definition) is 1. The van der Waals surface area contributed by atoms with E-state index < -0.39 is 11.9 Å². The summed E-state index contributed by atoms with van der Waals surface area (Å²) in [4.78, 5) is 26.5. The zero-order valence-corrected chi connectivity index (χ0v) is 14.9. The molecule has 5 nitrogen and oxygen atoms in total. The molecule has 0 saturated carbocycles. The van der Waals surface area contributed by atoms with Crippen molar-refractivity contribution < 1.29 is 19.4 Å². The molecule has 0 saturated heterocycles. The van der Waals surface area contributed by atoms with Crippen LogP contribution in [0.15, 0.2) is 0 Å². The summed E-state index contributed by atoms with van der Waals surface area (Å²) >= 11 is 1.52. The molecular weight excluding hydrogens is 302 g/mol. The van der Waals surface area contributed by atoms with Crippen LogP contribution in [0.4, 0.5) is 5.00 Å². The van der Waals surface area contributed by atoms with Crippen LogP contribution in [-0.4, -0.2) is 36.2 Å². The van der Waals surface area contributed by atoms with Crippen molar-refractivity contribution in [1.29, 1.82) is 0 Å². The zero-order chi connectivity index (χ0) is 17.0. The monoisotopic (exact) mass is 327 g/mol. The molecule has 0 radical (unpaired) electrons. The average molecular weight is 327 g/mol. The molecule has 0 amide bonds. The number of rotatable bonds is 7. The molecule has 1 heterocycles. The number of aliphatic carboxylic acids is 1. The van der Waals surface area contributed by atoms with Gasteiger partial charge in [-0.25, -0.2) is 4.79 Å². The number of carboxylic acid groups (broad SMARTS) is 1. The summed E-state index contributed by atoms with van der Waals surface area (Å²) in [6.07, 6.45) is 0. The molecule has 0 aliphatic rings. The average Bonchev–Trinajstić information content (AvgIpc) is 2.71. The SMILES string of the molecule is CCOC(=O)c1c(N(CC(C)C(=O)O)C(C)C)sc(C)c1C. The molecule has 1 N–H and O–H groups in total. The van der Waals surface area contributed by atoms with Crippen LogP contribution < -0.4 is 4.90 Å². The number of hydrogen-bond acceptors (Lipinski definition) is 5. The van der Waals surface area contributed by atoms with Gasteiger partial charge in [-0.3, -0.25) is 4.79 Å². The second-order valence-electron chi connectivity index (χ2n) is 5.67. The summed E-state index contributed by atoms with van der Waals surface area (Å²) in [6.45, 7) is 12.0. The molecule has 1 atom stereocenters. The van der Waals surface area contributed by atoms with Gasteiger partial charge in [-0.2, -0.15) is 0 Å². The summed E-state index contributed by atoms with van der Waals surface area (Å²) in [5.74, 6) is -1.69. The van der Waals surface area contributed by atoms with Crippen molar-refractivity contribution >= 4 is 28.3 Å². The minimum atomic E-state index is -0.840. The van der Waals surface area contributed by atoms with Gasteiger partial charge in [0.2, 0.25) is 0 Å². The number of carbonyl (C=O) groups is 2. The third-order valence-corrected chi connectivity index (χ3v) is 4.87. The maximum Gasteiger partial charge on any atom is 0.341 e. The fourth-order valence-corrected chi connectivity index (χ4v) is 3.44. The van der Waals surface area contributed by atoms with Crippen molar-refractivity contribution in [2.24, 2.45) is 5.92 Å². The molecule has 0 spiro atoms. The van der Waals surface area contributed by atoms with Gasteiger partial charge in [-0.05, 0) is 40.2 Å². The Morgan fingerprint density at radius 1 is 1.27 bits per heavy atom. The summed E-state index contributed by atoms with van der Waals surface area (Å²) in [7, 11) is 0. The summed E-state index contributed by atoms with van der Waals surface area (Å²) in [6, 6.07) is 0.0902. The Morgan fingerprint density at radius 3 is 2.32 bits per heavy atom. The van der Waals surface area contributed by atoms with Gasteiger partial charge in [-0.15, -0.1) is 11.3 Å². The molecular formula is C16H25NO4S. The summed E-state index contributed by atoms with van der Waals surface area (Å²) < 4.78 is 5.17. The van der Waals surface area contributed by atoms with Crippen LogP contribution in [0.25, 0.3) is 0 Å². The van der Waals surface area contributed by atoms with Crippen molar-refractivity contribution in [1.82, 2.24) is 0 Å². The topological polar surface area (TPSA) is 66.8 Å². The molecule has 0 aromatic carbocycles. The van der Waals surface area contributed by atoms with Gasteiger partial charge >= 0.3 is 11.9 Å². The largest absolute Gasteiger partial charge is 0.481 e. The molecule has 22 heavy (non-hydrogen) atoms. The van der Waals surface area contributed by atoms with Crippen LogP contribution in [0.5, 0.6) is 0 Å². The fourth-order valence-electron chi connectivity index (χ4n) is 2.16. The highest BCUT2D eigenvalue weighted by molar-refractivity contribution is 7.16. The molecule has 1 rings (SSSR count). The van der Waals surface area contributed by atoms with Gasteiger partial charge < -0.3 is 14.7 Å². The number of carbonyl (C=O) groups excluding carboxylic acids is 1. The first-order chi connectivity index (χ1) is 10.2. The number of esters is 1. The van der Waals surface area contributed by atoms with Crippen LogP contribution in [0, 0.1) is 19.8 Å². The third-order valence-electron chi connectivity index (χ3n) is 3.62. The van der Waals surface area contributed by atoms with E-state index in [1.807, 2.05) is 32.6 Å². The lowest BCUT2D eigenvalue weighted by Crippen LogP contribution is -2.37. The van der Waals surface area contributed by atoms with Crippen LogP contribution >= 0.6 is 11.3 Å². The molecule has 0 fully saturated rings. The van der Waals surface area contributed by atoms with Gasteiger partial charge in [0.15, 0.2) is 0 Å². The van der Waals surface area contributed by atoms with E-state index in [0.29, 0.717) is 18.7 Å². The second-order valence-corrected chi connectivity index (χ2v) is 6.87. The zero-order valence-electron chi connectivity index (χ0n) is 14.1. The number of anilines is 1. The Morgan fingerprint density at radius 2 is 1.86 bits per heavy atom. The van der Waals surface area contributed by atoms with Gasteiger partial charge in [-0.1, -0.05) is 6.92 Å². The Labute approximate surface area is 135 Å². The van der Waals surface area contributed by atoms with Gasteiger partial charge in [0, 0.05) is 17.5 Å². The van der Waals surface area contributed by atoms with E-state index in [9.17, 15) is 9.59 Å². The van der Waals surface area contributed by atoms with E-state index in [1.165, 1.54) is 11.3 Å². The van der Waals surface area contributed by atoms with E-state index >= 15 is 0 Å².